The van der Waals surface area contributed by atoms with Crippen LogP contribution in [0.1, 0.15) is 45.8 Å². The van der Waals surface area contributed by atoms with Crippen molar-refractivity contribution >= 4 is 17.5 Å². The van der Waals surface area contributed by atoms with Crippen LogP contribution in [0, 0.1) is 13.8 Å². The van der Waals surface area contributed by atoms with Gasteiger partial charge in [0.25, 0.3) is 5.91 Å². The van der Waals surface area contributed by atoms with Gasteiger partial charge in [0.1, 0.15) is 18.1 Å². The van der Waals surface area contributed by atoms with E-state index >= 15 is 0 Å². The Labute approximate surface area is 181 Å². The number of ether oxygens (including phenoxy) is 1. The normalized spacial score (nSPS) is 16.1. The van der Waals surface area contributed by atoms with E-state index in [1.54, 1.807) is 0 Å². The summed E-state index contributed by atoms with van der Waals surface area (Å²) < 4.78 is 11.1. The molecule has 0 radical (unpaired) electrons. The Bertz CT molecular complexity index is 1030. The first kappa shape index (κ1) is 20.5. The summed E-state index contributed by atoms with van der Waals surface area (Å²) in [5.74, 6) is 1.44. The molecule has 2 aromatic carbocycles. The van der Waals surface area contributed by atoms with Crippen LogP contribution in [-0.2, 0) is 13.0 Å². The largest absolute Gasteiger partial charge is 0.489 e. The summed E-state index contributed by atoms with van der Waals surface area (Å²) in [5.41, 5.74) is 3.48. The molecule has 1 aromatic heterocycles. The number of likely N-dealkylation sites (tertiary alicyclic amines) is 1. The molecule has 0 spiro atoms. The van der Waals surface area contributed by atoms with Crippen LogP contribution in [0.5, 0.6) is 5.75 Å². The summed E-state index contributed by atoms with van der Waals surface area (Å²) in [5, 5.41) is 4.71. The molecular formula is C24H25ClN2O3. The standard InChI is InChI=1S/C24H25ClN2O3/c1-16-22(17(2)30-26-16)15-29-21-10-5-8-19(14-21)24(28)27-12-6-9-20(27)13-18-7-3-4-11-23(18)25/h3-5,7-8,10-11,14,20H,6,9,12-13,15H2,1-2H3. The minimum absolute atomic E-state index is 0.0346. The van der Waals surface area contributed by atoms with Crippen LogP contribution in [0.15, 0.2) is 53.1 Å². The molecule has 1 unspecified atom stereocenters. The van der Waals surface area contributed by atoms with Crippen LogP contribution in [0.4, 0.5) is 0 Å². The van der Waals surface area contributed by atoms with Crippen molar-refractivity contribution in [1.29, 1.82) is 0 Å². The van der Waals surface area contributed by atoms with Crippen molar-refractivity contribution in [1.82, 2.24) is 10.1 Å². The third kappa shape index (κ3) is 4.36. The van der Waals surface area contributed by atoms with E-state index in [9.17, 15) is 4.79 Å². The highest BCUT2D eigenvalue weighted by Gasteiger charge is 2.30. The smallest absolute Gasteiger partial charge is 0.254 e. The third-order valence-electron chi connectivity index (χ3n) is 5.70. The number of carbonyl (C=O) groups is 1. The lowest BCUT2D eigenvalue weighted by molar-refractivity contribution is 0.0736. The minimum atomic E-state index is 0.0346. The second kappa shape index (κ2) is 8.92. The highest BCUT2D eigenvalue weighted by atomic mass is 35.5. The Morgan fingerprint density at radius 2 is 2.07 bits per heavy atom. The van der Waals surface area contributed by atoms with E-state index in [-0.39, 0.29) is 11.9 Å². The van der Waals surface area contributed by atoms with Gasteiger partial charge in [0.05, 0.1) is 11.3 Å². The van der Waals surface area contributed by atoms with E-state index in [0.717, 1.165) is 53.4 Å². The lowest BCUT2D eigenvalue weighted by Crippen LogP contribution is -2.36. The van der Waals surface area contributed by atoms with E-state index in [2.05, 4.69) is 5.16 Å². The van der Waals surface area contributed by atoms with Gasteiger partial charge < -0.3 is 14.2 Å². The van der Waals surface area contributed by atoms with E-state index in [1.165, 1.54) is 0 Å². The van der Waals surface area contributed by atoms with E-state index in [0.29, 0.717) is 17.9 Å². The maximum atomic E-state index is 13.2. The van der Waals surface area contributed by atoms with E-state index < -0.39 is 0 Å². The van der Waals surface area contributed by atoms with Crippen LogP contribution in [0.3, 0.4) is 0 Å². The minimum Gasteiger partial charge on any atom is -0.489 e. The van der Waals surface area contributed by atoms with E-state index in [1.807, 2.05) is 67.3 Å². The fourth-order valence-corrected chi connectivity index (χ4v) is 4.19. The molecule has 30 heavy (non-hydrogen) atoms. The average Bonchev–Trinajstić information content (AvgIpc) is 3.34. The number of benzene rings is 2. The van der Waals surface area contributed by atoms with Crippen molar-refractivity contribution in [2.75, 3.05) is 6.54 Å². The Morgan fingerprint density at radius 3 is 2.83 bits per heavy atom. The summed E-state index contributed by atoms with van der Waals surface area (Å²) in [6, 6.07) is 15.4. The third-order valence-corrected chi connectivity index (χ3v) is 6.07. The molecule has 1 aliphatic rings. The number of hydrogen-bond acceptors (Lipinski definition) is 4. The number of hydrogen-bond donors (Lipinski definition) is 0. The average molecular weight is 425 g/mol. The topological polar surface area (TPSA) is 55.6 Å². The number of halogens is 1. The highest BCUT2D eigenvalue weighted by Crippen LogP contribution is 2.27. The number of amides is 1. The van der Waals surface area contributed by atoms with Gasteiger partial charge in [-0.25, -0.2) is 0 Å². The number of nitrogens with zero attached hydrogens (tertiary/aromatic N) is 2. The van der Waals surface area contributed by atoms with Crippen molar-refractivity contribution in [2.45, 2.75) is 45.8 Å². The molecule has 156 valence electrons. The molecule has 0 saturated carbocycles. The van der Waals surface area contributed by atoms with Gasteiger partial charge in [-0.3, -0.25) is 4.79 Å². The maximum Gasteiger partial charge on any atom is 0.254 e. The van der Waals surface area contributed by atoms with Crippen molar-refractivity contribution in [2.24, 2.45) is 0 Å². The van der Waals surface area contributed by atoms with Gasteiger partial charge in [-0.2, -0.15) is 0 Å². The van der Waals surface area contributed by atoms with Gasteiger partial charge in [0.15, 0.2) is 0 Å². The first-order chi connectivity index (χ1) is 14.5. The first-order valence-corrected chi connectivity index (χ1v) is 10.6. The van der Waals surface area contributed by atoms with Crippen molar-refractivity contribution in [3.63, 3.8) is 0 Å². The number of aromatic nitrogens is 1. The highest BCUT2D eigenvalue weighted by molar-refractivity contribution is 6.31. The van der Waals surface area contributed by atoms with E-state index in [4.69, 9.17) is 20.9 Å². The molecule has 6 heteroatoms. The van der Waals surface area contributed by atoms with Gasteiger partial charge in [-0.1, -0.05) is 41.0 Å². The predicted molar refractivity (Wildman–Crippen MR) is 116 cm³/mol. The summed E-state index contributed by atoms with van der Waals surface area (Å²) >= 11 is 6.34. The van der Waals surface area contributed by atoms with Crippen molar-refractivity contribution in [3.8, 4) is 5.75 Å². The molecule has 5 nitrogen and oxygen atoms in total. The second-order valence-corrected chi connectivity index (χ2v) is 8.12. The Morgan fingerprint density at radius 1 is 1.23 bits per heavy atom. The second-order valence-electron chi connectivity index (χ2n) is 7.71. The van der Waals surface area contributed by atoms with Gasteiger partial charge in [-0.05, 0) is 62.9 Å². The van der Waals surface area contributed by atoms with Gasteiger partial charge in [-0.15, -0.1) is 0 Å². The van der Waals surface area contributed by atoms with Crippen LogP contribution in [0.2, 0.25) is 5.02 Å². The number of aryl methyl sites for hydroxylation is 2. The Hall–Kier alpha value is -2.79. The first-order valence-electron chi connectivity index (χ1n) is 10.2. The van der Waals surface area contributed by atoms with Crippen molar-refractivity contribution in [3.05, 3.63) is 81.7 Å². The number of carbonyl (C=O) groups excluding carboxylic acids is 1. The summed E-state index contributed by atoms with van der Waals surface area (Å²) in [6.07, 6.45) is 2.76. The van der Waals surface area contributed by atoms with Crippen molar-refractivity contribution < 1.29 is 14.1 Å². The summed E-state index contributed by atoms with van der Waals surface area (Å²) in [7, 11) is 0. The molecule has 3 aromatic rings. The molecule has 0 N–H and O–H groups in total. The zero-order valence-electron chi connectivity index (χ0n) is 17.2. The Balaban J connectivity index is 1.46. The maximum absolute atomic E-state index is 13.2. The monoisotopic (exact) mass is 424 g/mol. The fourth-order valence-electron chi connectivity index (χ4n) is 3.98. The lowest BCUT2D eigenvalue weighted by atomic mass is 10.0. The van der Waals surface area contributed by atoms with Crippen LogP contribution in [0.25, 0.3) is 0 Å². The summed E-state index contributed by atoms with van der Waals surface area (Å²) in [6.45, 7) is 4.88. The SMILES string of the molecule is Cc1noc(C)c1COc1cccc(C(=O)N2CCCC2Cc2ccccc2Cl)c1. The molecule has 1 saturated heterocycles. The molecule has 2 heterocycles. The summed E-state index contributed by atoms with van der Waals surface area (Å²) in [4.78, 5) is 15.2. The van der Waals surface area contributed by atoms with Gasteiger partial charge >= 0.3 is 0 Å². The van der Waals surface area contributed by atoms with Crippen LogP contribution >= 0.6 is 11.6 Å². The molecule has 0 aliphatic carbocycles. The molecule has 0 bridgehead atoms. The predicted octanol–water partition coefficient (Wildman–Crippen LogP) is 5.37. The zero-order valence-corrected chi connectivity index (χ0v) is 18.0. The van der Waals surface area contributed by atoms with Crippen LogP contribution in [-0.4, -0.2) is 28.6 Å². The van der Waals surface area contributed by atoms with Crippen LogP contribution < -0.4 is 4.74 Å². The van der Waals surface area contributed by atoms with Gasteiger partial charge in [0.2, 0.25) is 0 Å². The Kier molecular flexibility index (Phi) is 6.09. The molecular weight excluding hydrogens is 400 g/mol. The lowest BCUT2D eigenvalue weighted by Gasteiger charge is -2.25. The zero-order chi connectivity index (χ0) is 21.1. The number of rotatable bonds is 6. The molecule has 1 aliphatic heterocycles. The molecule has 4 rings (SSSR count). The quantitative estimate of drug-likeness (QED) is 0.533. The molecule has 1 amide bonds. The molecule has 1 atom stereocenters. The molecule has 1 fully saturated rings. The fraction of sp³-hybridized carbons (Fsp3) is 0.333. The van der Waals surface area contributed by atoms with Gasteiger partial charge in [0, 0.05) is 23.2 Å².